The van der Waals surface area contributed by atoms with Crippen LogP contribution >= 0.6 is 0 Å². The molecule has 2 amide bonds. The molecule has 0 bridgehead atoms. The standard InChI is InChI=1S/C18H26N4O2/c1-18(12-19)7-9-21(13-18)11-16(23)20-14-4-2-5-15(10-14)22-8-3-6-17(22)24/h2,4-5,10H,3,6-9,11-13,19H2,1H3,(H,20,23). The Labute approximate surface area is 143 Å². The van der Waals surface area contributed by atoms with Crippen LogP contribution in [0.15, 0.2) is 24.3 Å². The molecule has 0 spiro atoms. The monoisotopic (exact) mass is 330 g/mol. The molecule has 3 N–H and O–H groups in total. The molecule has 0 radical (unpaired) electrons. The first-order valence-corrected chi connectivity index (χ1v) is 8.62. The van der Waals surface area contributed by atoms with E-state index in [1.54, 1.807) is 4.90 Å². The van der Waals surface area contributed by atoms with Crippen LogP contribution in [0.5, 0.6) is 0 Å². The number of nitrogens with two attached hydrogens (primary N) is 1. The Kier molecular flexibility index (Phi) is 4.87. The third kappa shape index (κ3) is 3.76. The van der Waals surface area contributed by atoms with E-state index in [-0.39, 0.29) is 17.2 Å². The Balaban J connectivity index is 1.58. The number of amides is 2. The van der Waals surface area contributed by atoms with Crippen LogP contribution in [-0.2, 0) is 9.59 Å². The summed E-state index contributed by atoms with van der Waals surface area (Å²) >= 11 is 0. The number of nitrogens with zero attached hydrogens (tertiary/aromatic N) is 2. The topological polar surface area (TPSA) is 78.7 Å². The van der Waals surface area contributed by atoms with E-state index < -0.39 is 0 Å². The van der Waals surface area contributed by atoms with Crippen molar-refractivity contribution >= 4 is 23.2 Å². The summed E-state index contributed by atoms with van der Waals surface area (Å²) in [5.74, 6) is 0.123. The van der Waals surface area contributed by atoms with Gasteiger partial charge in [-0.2, -0.15) is 0 Å². The Morgan fingerprint density at radius 2 is 2.21 bits per heavy atom. The largest absolute Gasteiger partial charge is 0.330 e. The summed E-state index contributed by atoms with van der Waals surface area (Å²) in [4.78, 5) is 28.1. The second-order valence-electron chi connectivity index (χ2n) is 7.22. The Morgan fingerprint density at radius 3 is 2.88 bits per heavy atom. The lowest BCUT2D eigenvalue weighted by Gasteiger charge is -2.22. The van der Waals surface area contributed by atoms with Gasteiger partial charge in [0.05, 0.1) is 6.54 Å². The van der Waals surface area contributed by atoms with Gasteiger partial charge in [0.15, 0.2) is 0 Å². The maximum absolute atomic E-state index is 12.3. The van der Waals surface area contributed by atoms with Crippen molar-refractivity contribution in [3.8, 4) is 0 Å². The highest BCUT2D eigenvalue weighted by molar-refractivity contribution is 5.97. The van der Waals surface area contributed by atoms with E-state index >= 15 is 0 Å². The average Bonchev–Trinajstić information content (AvgIpc) is 3.14. The molecular weight excluding hydrogens is 304 g/mol. The van der Waals surface area contributed by atoms with Gasteiger partial charge in [-0.05, 0) is 49.5 Å². The highest BCUT2D eigenvalue weighted by Crippen LogP contribution is 2.28. The number of benzene rings is 1. The zero-order chi connectivity index (χ0) is 17.2. The fourth-order valence-electron chi connectivity index (χ4n) is 3.50. The molecule has 3 rings (SSSR count). The molecule has 2 aliphatic heterocycles. The number of likely N-dealkylation sites (tertiary alicyclic amines) is 1. The molecule has 2 saturated heterocycles. The summed E-state index contributed by atoms with van der Waals surface area (Å²) in [7, 11) is 0. The van der Waals surface area contributed by atoms with Gasteiger partial charge in [-0.1, -0.05) is 13.0 Å². The second kappa shape index (κ2) is 6.91. The van der Waals surface area contributed by atoms with Gasteiger partial charge in [0.25, 0.3) is 0 Å². The first-order valence-electron chi connectivity index (χ1n) is 8.62. The number of carbonyl (C=O) groups excluding carboxylic acids is 2. The molecule has 6 heteroatoms. The second-order valence-corrected chi connectivity index (χ2v) is 7.22. The number of hydrogen-bond donors (Lipinski definition) is 2. The maximum Gasteiger partial charge on any atom is 0.238 e. The first-order chi connectivity index (χ1) is 11.5. The van der Waals surface area contributed by atoms with Crippen LogP contribution in [0, 0.1) is 5.41 Å². The quantitative estimate of drug-likeness (QED) is 0.856. The number of carbonyl (C=O) groups is 2. The first kappa shape index (κ1) is 16.9. The molecule has 1 atom stereocenters. The minimum Gasteiger partial charge on any atom is -0.330 e. The molecule has 1 aromatic carbocycles. The van der Waals surface area contributed by atoms with E-state index in [0.717, 1.165) is 43.9 Å². The van der Waals surface area contributed by atoms with Crippen LogP contribution in [0.1, 0.15) is 26.2 Å². The van der Waals surface area contributed by atoms with E-state index in [1.165, 1.54) is 0 Å². The molecule has 0 aromatic heterocycles. The molecule has 2 heterocycles. The highest BCUT2D eigenvalue weighted by atomic mass is 16.2. The van der Waals surface area contributed by atoms with E-state index in [2.05, 4.69) is 17.1 Å². The summed E-state index contributed by atoms with van der Waals surface area (Å²) in [6.07, 6.45) is 2.53. The summed E-state index contributed by atoms with van der Waals surface area (Å²) in [5, 5.41) is 2.94. The van der Waals surface area contributed by atoms with E-state index in [4.69, 9.17) is 5.73 Å². The van der Waals surface area contributed by atoms with Crippen molar-refractivity contribution < 1.29 is 9.59 Å². The molecule has 1 unspecified atom stereocenters. The van der Waals surface area contributed by atoms with Gasteiger partial charge in [-0.15, -0.1) is 0 Å². The summed E-state index contributed by atoms with van der Waals surface area (Å²) < 4.78 is 0. The van der Waals surface area contributed by atoms with Crippen LogP contribution in [0.4, 0.5) is 11.4 Å². The zero-order valence-electron chi connectivity index (χ0n) is 14.3. The third-order valence-electron chi connectivity index (χ3n) is 5.01. The lowest BCUT2D eigenvalue weighted by molar-refractivity contribution is -0.117. The van der Waals surface area contributed by atoms with Crippen molar-refractivity contribution in [3.05, 3.63) is 24.3 Å². The minimum atomic E-state index is -0.0267. The Bertz CT molecular complexity index is 633. The molecule has 2 aliphatic rings. The minimum absolute atomic E-state index is 0.0267. The fraction of sp³-hybridized carbons (Fsp3) is 0.556. The number of hydrogen-bond acceptors (Lipinski definition) is 4. The maximum atomic E-state index is 12.3. The average molecular weight is 330 g/mol. The van der Waals surface area contributed by atoms with Crippen molar-refractivity contribution in [2.24, 2.45) is 11.1 Å². The van der Waals surface area contributed by atoms with Gasteiger partial charge in [0, 0.05) is 30.9 Å². The molecular formula is C18H26N4O2. The van der Waals surface area contributed by atoms with E-state index in [9.17, 15) is 9.59 Å². The van der Waals surface area contributed by atoms with Crippen LogP contribution in [0.25, 0.3) is 0 Å². The van der Waals surface area contributed by atoms with Crippen molar-refractivity contribution in [1.82, 2.24) is 4.90 Å². The van der Waals surface area contributed by atoms with Crippen LogP contribution in [0.2, 0.25) is 0 Å². The van der Waals surface area contributed by atoms with E-state index in [1.807, 2.05) is 24.3 Å². The molecule has 24 heavy (non-hydrogen) atoms. The van der Waals surface area contributed by atoms with E-state index in [0.29, 0.717) is 19.5 Å². The van der Waals surface area contributed by atoms with Crippen LogP contribution in [-0.4, -0.2) is 49.4 Å². The van der Waals surface area contributed by atoms with Gasteiger partial charge in [0.2, 0.25) is 11.8 Å². The van der Waals surface area contributed by atoms with Gasteiger partial charge in [0.1, 0.15) is 0 Å². The predicted molar refractivity (Wildman–Crippen MR) is 94.9 cm³/mol. The van der Waals surface area contributed by atoms with Gasteiger partial charge < -0.3 is 16.0 Å². The Morgan fingerprint density at radius 1 is 1.38 bits per heavy atom. The number of rotatable bonds is 5. The van der Waals surface area contributed by atoms with Crippen LogP contribution in [0.3, 0.4) is 0 Å². The summed E-state index contributed by atoms with van der Waals surface area (Å²) in [5.41, 5.74) is 7.52. The van der Waals surface area contributed by atoms with Crippen LogP contribution < -0.4 is 16.0 Å². The van der Waals surface area contributed by atoms with Crippen molar-refractivity contribution in [2.45, 2.75) is 26.2 Å². The molecule has 6 nitrogen and oxygen atoms in total. The lowest BCUT2D eigenvalue weighted by Crippen LogP contribution is -2.35. The van der Waals surface area contributed by atoms with Crippen molar-refractivity contribution in [3.63, 3.8) is 0 Å². The zero-order valence-corrected chi connectivity index (χ0v) is 14.3. The molecule has 130 valence electrons. The SMILES string of the molecule is CC1(CN)CCN(CC(=O)Nc2cccc(N3CCCC3=O)c2)C1. The van der Waals surface area contributed by atoms with Gasteiger partial charge >= 0.3 is 0 Å². The molecule has 0 aliphatic carbocycles. The molecule has 1 aromatic rings. The lowest BCUT2D eigenvalue weighted by atomic mass is 9.90. The third-order valence-corrected chi connectivity index (χ3v) is 5.01. The fourth-order valence-corrected chi connectivity index (χ4v) is 3.50. The highest BCUT2D eigenvalue weighted by Gasteiger charge is 2.33. The molecule has 0 saturated carbocycles. The van der Waals surface area contributed by atoms with Gasteiger partial charge in [-0.25, -0.2) is 0 Å². The number of nitrogens with one attached hydrogen (secondary N) is 1. The van der Waals surface area contributed by atoms with Crippen molar-refractivity contribution in [2.75, 3.05) is 42.9 Å². The smallest absolute Gasteiger partial charge is 0.238 e. The van der Waals surface area contributed by atoms with Crippen molar-refractivity contribution in [1.29, 1.82) is 0 Å². The Hall–Kier alpha value is -1.92. The number of anilines is 2. The normalized spacial score (nSPS) is 24.6. The summed E-state index contributed by atoms with van der Waals surface area (Å²) in [6, 6.07) is 7.51. The molecule has 2 fully saturated rings. The summed E-state index contributed by atoms with van der Waals surface area (Å²) in [6.45, 7) is 5.71. The predicted octanol–water partition coefficient (Wildman–Crippen LogP) is 1.42. The van der Waals surface area contributed by atoms with Gasteiger partial charge in [-0.3, -0.25) is 14.5 Å².